The number of imide groups is 1. The lowest BCUT2D eigenvalue weighted by atomic mass is 9.73. The van der Waals surface area contributed by atoms with Crippen molar-refractivity contribution < 1.29 is 19.1 Å². The number of carbonyl (C=O) groups excluding carboxylic acids is 3. The molecule has 0 radical (unpaired) electrons. The highest BCUT2D eigenvalue weighted by molar-refractivity contribution is 6.08. The molecule has 1 aromatic heterocycles. The van der Waals surface area contributed by atoms with Gasteiger partial charge in [0, 0.05) is 12.4 Å². The average molecular weight is 396 g/mol. The largest absolute Gasteiger partial charge is 0.459 e. The normalized spacial score (nSPS) is 24.0. The molecule has 1 saturated heterocycles. The zero-order valence-corrected chi connectivity index (χ0v) is 16.3. The summed E-state index contributed by atoms with van der Waals surface area (Å²) >= 11 is 0. The minimum absolute atomic E-state index is 0.0574. The Hall–Kier alpha value is -3.16. The number of benzene rings is 1. The van der Waals surface area contributed by atoms with Gasteiger partial charge in [-0.1, -0.05) is 31.9 Å². The summed E-state index contributed by atoms with van der Waals surface area (Å²) in [6.07, 6.45) is 6.99. The van der Waals surface area contributed by atoms with Crippen LogP contribution in [0.3, 0.4) is 0 Å². The molecule has 152 valence electrons. The second-order valence-electron chi connectivity index (χ2n) is 7.72. The van der Waals surface area contributed by atoms with Crippen molar-refractivity contribution in [2.24, 2.45) is 5.92 Å². The Morgan fingerprint density at radius 1 is 1.28 bits per heavy atom. The summed E-state index contributed by atoms with van der Waals surface area (Å²) in [7, 11) is 0. The molecule has 2 heterocycles. The zero-order valence-electron chi connectivity index (χ0n) is 16.3. The third-order valence-electron chi connectivity index (χ3n) is 5.89. The fraction of sp³-hybridized carbons (Fsp3) is 0.429. The van der Waals surface area contributed by atoms with Crippen molar-refractivity contribution in [2.45, 2.75) is 44.8 Å². The van der Waals surface area contributed by atoms with Gasteiger partial charge in [0.1, 0.15) is 18.7 Å². The molecule has 1 aromatic carbocycles. The van der Waals surface area contributed by atoms with E-state index in [1.54, 1.807) is 10.9 Å². The van der Waals surface area contributed by atoms with E-state index in [0.29, 0.717) is 6.42 Å². The molecule has 1 aliphatic carbocycles. The van der Waals surface area contributed by atoms with Crippen molar-refractivity contribution in [1.82, 2.24) is 20.0 Å². The highest BCUT2D eigenvalue weighted by Crippen LogP contribution is 2.38. The molecule has 1 spiro atoms. The lowest BCUT2D eigenvalue weighted by Gasteiger charge is -2.36. The van der Waals surface area contributed by atoms with Gasteiger partial charge in [-0.05, 0) is 42.5 Å². The number of carbonyl (C=O) groups is 3. The fourth-order valence-corrected chi connectivity index (χ4v) is 4.14. The van der Waals surface area contributed by atoms with Gasteiger partial charge in [-0.25, -0.2) is 9.48 Å². The number of amides is 3. The number of urea groups is 1. The maximum Gasteiger partial charge on any atom is 0.326 e. The van der Waals surface area contributed by atoms with Gasteiger partial charge in [0.2, 0.25) is 0 Å². The van der Waals surface area contributed by atoms with Crippen molar-refractivity contribution in [1.29, 1.82) is 0 Å². The first kappa shape index (κ1) is 19.2. The predicted molar refractivity (Wildman–Crippen MR) is 104 cm³/mol. The fourth-order valence-electron chi connectivity index (χ4n) is 4.14. The van der Waals surface area contributed by atoms with E-state index < -0.39 is 17.5 Å². The van der Waals surface area contributed by atoms with Crippen molar-refractivity contribution in [3.63, 3.8) is 0 Å². The SMILES string of the molecule is C[C@H]1CCCC[C@]12NC(=O)N(CC(=O)OCc1ccc(-n3cccn3)cc1)C2=O. The molecule has 29 heavy (non-hydrogen) atoms. The van der Waals surface area contributed by atoms with Crippen LogP contribution in [0, 0.1) is 5.92 Å². The van der Waals surface area contributed by atoms with E-state index in [2.05, 4.69) is 10.4 Å². The summed E-state index contributed by atoms with van der Waals surface area (Å²) in [5.74, 6) is -0.859. The van der Waals surface area contributed by atoms with E-state index in [0.717, 1.165) is 35.4 Å². The molecule has 1 saturated carbocycles. The van der Waals surface area contributed by atoms with Crippen molar-refractivity contribution in [3.8, 4) is 5.69 Å². The van der Waals surface area contributed by atoms with Crippen molar-refractivity contribution >= 4 is 17.9 Å². The molecule has 8 heteroatoms. The monoisotopic (exact) mass is 396 g/mol. The first-order valence-electron chi connectivity index (χ1n) is 9.88. The maximum atomic E-state index is 12.9. The molecular formula is C21H24N4O4. The van der Waals surface area contributed by atoms with Gasteiger partial charge in [-0.2, -0.15) is 5.10 Å². The predicted octanol–water partition coefficient (Wildman–Crippen LogP) is 2.42. The number of hydrogen-bond donors (Lipinski definition) is 1. The van der Waals surface area contributed by atoms with E-state index in [-0.39, 0.29) is 25.0 Å². The Morgan fingerprint density at radius 3 is 2.76 bits per heavy atom. The van der Waals surface area contributed by atoms with Crippen LogP contribution in [0.4, 0.5) is 4.79 Å². The summed E-state index contributed by atoms with van der Waals surface area (Å²) < 4.78 is 7.02. The lowest BCUT2D eigenvalue weighted by molar-refractivity contribution is -0.149. The van der Waals surface area contributed by atoms with E-state index in [1.807, 2.05) is 43.5 Å². The third-order valence-corrected chi connectivity index (χ3v) is 5.89. The highest BCUT2D eigenvalue weighted by atomic mass is 16.5. The summed E-state index contributed by atoms with van der Waals surface area (Å²) in [5.41, 5.74) is 0.845. The van der Waals surface area contributed by atoms with Crippen LogP contribution < -0.4 is 5.32 Å². The molecule has 1 aliphatic heterocycles. The number of hydrogen-bond acceptors (Lipinski definition) is 5. The van der Waals surface area contributed by atoms with Crippen LogP contribution in [0.2, 0.25) is 0 Å². The van der Waals surface area contributed by atoms with Crippen LogP contribution >= 0.6 is 0 Å². The number of rotatable bonds is 5. The van der Waals surface area contributed by atoms with Crippen LogP contribution in [0.1, 0.15) is 38.2 Å². The smallest absolute Gasteiger partial charge is 0.326 e. The number of esters is 1. The van der Waals surface area contributed by atoms with Crippen molar-refractivity contribution in [3.05, 3.63) is 48.3 Å². The van der Waals surface area contributed by atoms with Gasteiger partial charge in [0.05, 0.1) is 5.69 Å². The Labute approximate surface area is 168 Å². The summed E-state index contributed by atoms with van der Waals surface area (Å²) in [6.45, 7) is 1.68. The van der Waals surface area contributed by atoms with Gasteiger partial charge in [0.15, 0.2) is 0 Å². The Balaban J connectivity index is 1.34. The maximum absolute atomic E-state index is 12.9. The van der Waals surface area contributed by atoms with Gasteiger partial charge in [0.25, 0.3) is 5.91 Å². The second-order valence-corrected chi connectivity index (χ2v) is 7.72. The van der Waals surface area contributed by atoms with E-state index >= 15 is 0 Å². The minimum atomic E-state index is -0.863. The first-order valence-corrected chi connectivity index (χ1v) is 9.88. The quantitative estimate of drug-likeness (QED) is 0.619. The molecule has 2 fully saturated rings. The number of aromatic nitrogens is 2. The number of ether oxygens (including phenoxy) is 1. The van der Waals surface area contributed by atoms with Crippen LogP contribution in [0.15, 0.2) is 42.7 Å². The first-order chi connectivity index (χ1) is 14.0. The highest BCUT2D eigenvalue weighted by Gasteiger charge is 2.55. The van der Waals surface area contributed by atoms with Crippen molar-refractivity contribution in [2.75, 3.05) is 6.54 Å². The summed E-state index contributed by atoms with van der Waals surface area (Å²) in [6, 6.07) is 8.77. The topological polar surface area (TPSA) is 93.5 Å². The molecule has 2 atom stereocenters. The second kappa shape index (κ2) is 7.69. The molecule has 1 N–H and O–H groups in total. The summed E-state index contributed by atoms with van der Waals surface area (Å²) in [4.78, 5) is 38.5. The standard InChI is InChI=1S/C21H24N4O4/c1-15-5-2-3-10-21(15)19(27)24(20(28)23-21)13-18(26)29-14-16-6-8-17(9-7-16)25-12-4-11-22-25/h4,6-9,11-12,15H,2-3,5,10,13-14H2,1H3,(H,23,28)/t15-,21-/m0/s1. The molecule has 3 amide bonds. The zero-order chi connectivity index (χ0) is 20.4. The number of nitrogens with zero attached hydrogens (tertiary/aromatic N) is 3. The van der Waals surface area contributed by atoms with Crippen LogP contribution in [-0.2, 0) is 20.9 Å². The van der Waals surface area contributed by atoms with E-state index in [1.165, 1.54) is 0 Å². The molecule has 0 bridgehead atoms. The summed E-state index contributed by atoms with van der Waals surface area (Å²) in [5, 5.41) is 7.00. The van der Waals surface area contributed by atoms with Crippen LogP contribution in [0.25, 0.3) is 5.69 Å². The minimum Gasteiger partial charge on any atom is -0.459 e. The number of nitrogens with one attached hydrogen (secondary N) is 1. The Morgan fingerprint density at radius 2 is 2.07 bits per heavy atom. The van der Waals surface area contributed by atoms with Gasteiger partial charge >= 0.3 is 12.0 Å². The van der Waals surface area contributed by atoms with Gasteiger partial charge < -0.3 is 10.1 Å². The molecule has 2 aliphatic rings. The third kappa shape index (κ3) is 3.62. The molecule has 0 unspecified atom stereocenters. The molecule has 4 rings (SSSR count). The van der Waals surface area contributed by atoms with Crippen LogP contribution in [0.5, 0.6) is 0 Å². The van der Waals surface area contributed by atoms with Crippen LogP contribution in [-0.4, -0.2) is 44.7 Å². The molecule has 2 aromatic rings. The van der Waals surface area contributed by atoms with Gasteiger partial charge in [-0.15, -0.1) is 0 Å². The van der Waals surface area contributed by atoms with E-state index in [4.69, 9.17) is 4.74 Å². The van der Waals surface area contributed by atoms with Gasteiger partial charge in [-0.3, -0.25) is 14.5 Å². The van der Waals surface area contributed by atoms with E-state index in [9.17, 15) is 14.4 Å². The Bertz CT molecular complexity index is 909. The lowest BCUT2D eigenvalue weighted by Crippen LogP contribution is -2.54. The average Bonchev–Trinajstić information content (AvgIpc) is 3.33. The molecular weight excluding hydrogens is 372 g/mol. The Kier molecular flexibility index (Phi) is 5.08. The molecule has 8 nitrogen and oxygen atoms in total.